The predicted molar refractivity (Wildman–Crippen MR) is 150 cm³/mol. The SMILES string of the molecule is CCOC1CCN(Cc2cnc(Cl)nc2Oc2ccc3c(ccc4sc5c(c43)NC[C@H](C)NC5=O)n2)CC1. The van der Waals surface area contributed by atoms with Crippen molar-refractivity contribution >= 4 is 55.5 Å². The average Bonchev–Trinajstić information content (AvgIpc) is 3.23. The minimum atomic E-state index is -0.0463. The Balaban J connectivity index is 1.28. The summed E-state index contributed by atoms with van der Waals surface area (Å²) in [7, 11) is 0. The van der Waals surface area contributed by atoms with Crippen LogP contribution in [0.25, 0.3) is 21.0 Å². The molecular formula is C27H29ClN6O3S. The third-order valence-corrected chi connectivity index (χ3v) is 8.33. The molecule has 2 aliphatic rings. The van der Waals surface area contributed by atoms with Crippen molar-refractivity contribution in [3.63, 3.8) is 0 Å². The summed E-state index contributed by atoms with van der Waals surface area (Å²) in [6.45, 7) is 7.97. The molecule has 6 rings (SSSR count). The molecule has 1 saturated heterocycles. The van der Waals surface area contributed by atoms with E-state index in [1.165, 1.54) is 11.3 Å². The molecule has 11 heteroatoms. The molecule has 1 atom stereocenters. The maximum Gasteiger partial charge on any atom is 0.263 e. The molecule has 2 aliphatic heterocycles. The molecule has 0 spiro atoms. The van der Waals surface area contributed by atoms with Crippen LogP contribution >= 0.6 is 22.9 Å². The summed E-state index contributed by atoms with van der Waals surface area (Å²) in [5.74, 6) is 0.778. The molecule has 0 radical (unpaired) electrons. The van der Waals surface area contributed by atoms with Crippen molar-refractivity contribution in [1.29, 1.82) is 0 Å². The number of hydrogen-bond acceptors (Lipinski definition) is 9. The quantitative estimate of drug-likeness (QED) is 0.314. The van der Waals surface area contributed by atoms with E-state index in [0.29, 0.717) is 35.8 Å². The normalized spacial score (nSPS) is 18.7. The first-order valence-electron chi connectivity index (χ1n) is 12.9. The Bertz CT molecular complexity index is 1500. The Morgan fingerprint density at radius 3 is 2.84 bits per heavy atom. The zero-order chi connectivity index (χ0) is 26.2. The van der Waals surface area contributed by atoms with E-state index in [-0.39, 0.29) is 17.2 Å². The van der Waals surface area contributed by atoms with Crippen LogP contribution in [0.1, 0.15) is 41.9 Å². The second kappa shape index (κ2) is 10.6. The number of nitrogens with one attached hydrogen (secondary N) is 2. The summed E-state index contributed by atoms with van der Waals surface area (Å²) in [5, 5.41) is 8.58. The fraction of sp³-hybridized carbons (Fsp3) is 0.407. The molecule has 0 saturated carbocycles. The number of halogens is 1. The van der Waals surface area contributed by atoms with Gasteiger partial charge in [0.2, 0.25) is 17.0 Å². The number of hydrogen-bond donors (Lipinski definition) is 2. The number of carbonyl (C=O) groups excluding carboxylic acids is 1. The molecule has 9 nitrogen and oxygen atoms in total. The number of ether oxygens (including phenoxy) is 2. The summed E-state index contributed by atoms with van der Waals surface area (Å²) < 4.78 is 13.0. The molecule has 0 bridgehead atoms. The number of fused-ring (bicyclic) bond motifs is 5. The molecule has 4 aromatic rings. The standard InChI is InChI=1S/C27H29ClN6O3S/c1-3-36-17-8-10-34(11-9-17)14-16-13-30-27(28)33-26(16)37-21-7-4-18-19(32-21)5-6-20-22(18)23-24(38-20)25(35)31-15(2)12-29-23/h4-7,13,15,17,29H,3,8-12,14H2,1-2H3,(H,31,35)/t15-/m0/s1. The number of pyridine rings is 1. The van der Waals surface area contributed by atoms with Crippen LogP contribution in [0.3, 0.4) is 0 Å². The second-order valence-corrected chi connectivity index (χ2v) is 11.1. The highest BCUT2D eigenvalue weighted by Gasteiger charge is 2.25. The fourth-order valence-electron chi connectivity index (χ4n) is 5.14. The summed E-state index contributed by atoms with van der Waals surface area (Å²) in [5.41, 5.74) is 2.50. The van der Waals surface area contributed by atoms with Crippen LogP contribution < -0.4 is 15.4 Å². The van der Waals surface area contributed by atoms with Crippen molar-refractivity contribution in [3.8, 4) is 11.8 Å². The van der Waals surface area contributed by atoms with Gasteiger partial charge in [0.15, 0.2) is 0 Å². The highest BCUT2D eigenvalue weighted by atomic mass is 35.5. The van der Waals surface area contributed by atoms with E-state index in [0.717, 1.165) is 64.8 Å². The van der Waals surface area contributed by atoms with E-state index in [2.05, 4.69) is 25.5 Å². The van der Waals surface area contributed by atoms with E-state index >= 15 is 0 Å². The van der Waals surface area contributed by atoms with Gasteiger partial charge in [0, 0.05) is 72.1 Å². The highest BCUT2D eigenvalue weighted by Crippen LogP contribution is 2.41. The molecule has 0 aliphatic carbocycles. The Morgan fingerprint density at radius 2 is 2.03 bits per heavy atom. The molecule has 5 heterocycles. The van der Waals surface area contributed by atoms with Gasteiger partial charge in [-0.15, -0.1) is 11.3 Å². The molecule has 1 fully saturated rings. The summed E-state index contributed by atoms with van der Waals surface area (Å²) in [6, 6.07) is 7.83. The molecule has 38 heavy (non-hydrogen) atoms. The van der Waals surface area contributed by atoms with Gasteiger partial charge in [-0.1, -0.05) is 0 Å². The van der Waals surface area contributed by atoms with Crippen LogP contribution in [0.2, 0.25) is 5.28 Å². The maximum absolute atomic E-state index is 12.7. The Morgan fingerprint density at radius 1 is 1.18 bits per heavy atom. The van der Waals surface area contributed by atoms with Crippen molar-refractivity contribution < 1.29 is 14.3 Å². The lowest BCUT2D eigenvalue weighted by atomic mass is 10.1. The van der Waals surface area contributed by atoms with Crippen LogP contribution in [-0.4, -0.2) is 64.1 Å². The first-order chi connectivity index (χ1) is 18.5. The number of nitrogens with zero attached hydrogens (tertiary/aromatic N) is 4. The molecule has 1 aromatic carbocycles. The van der Waals surface area contributed by atoms with E-state index in [9.17, 15) is 4.79 Å². The highest BCUT2D eigenvalue weighted by molar-refractivity contribution is 7.21. The van der Waals surface area contributed by atoms with Crippen molar-refractivity contribution in [2.24, 2.45) is 0 Å². The summed E-state index contributed by atoms with van der Waals surface area (Å²) in [4.78, 5) is 29.1. The van der Waals surface area contributed by atoms with E-state index in [1.54, 1.807) is 6.20 Å². The van der Waals surface area contributed by atoms with Crippen LogP contribution in [0.4, 0.5) is 5.69 Å². The molecule has 3 aromatic heterocycles. The lowest BCUT2D eigenvalue weighted by Gasteiger charge is -2.31. The number of benzene rings is 1. The van der Waals surface area contributed by atoms with Gasteiger partial charge >= 0.3 is 0 Å². The van der Waals surface area contributed by atoms with Crippen LogP contribution in [-0.2, 0) is 11.3 Å². The Kier molecular flexibility index (Phi) is 7.05. The lowest BCUT2D eigenvalue weighted by molar-refractivity contribution is 0.0124. The molecule has 1 amide bonds. The van der Waals surface area contributed by atoms with E-state index in [1.807, 2.05) is 38.1 Å². The van der Waals surface area contributed by atoms with Crippen LogP contribution in [0.5, 0.6) is 11.8 Å². The topological polar surface area (TPSA) is 102 Å². The first-order valence-corrected chi connectivity index (χ1v) is 14.1. The molecular weight excluding hydrogens is 524 g/mol. The van der Waals surface area contributed by atoms with Gasteiger partial charge in [0.05, 0.1) is 17.3 Å². The lowest BCUT2D eigenvalue weighted by Crippen LogP contribution is -2.36. The van der Waals surface area contributed by atoms with Gasteiger partial charge in [0.25, 0.3) is 5.91 Å². The number of amides is 1. The Hall–Kier alpha value is -3.05. The maximum atomic E-state index is 12.7. The minimum Gasteiger partial charge on any atom is -0.420 e. The Labute approximate surface area is 229 Å². The van der Waals surface area contributed by atoms with Gasteiger partial charge in [-0.25, -0.2) is 9.97 Å². The van der Waals surface area contributed by atoms with Crippen molar-refractivity contribution in [1.82, 2.24) is 25.2 Å². The minimum absolute atomic E-state index is 0.0463. The van der Waals surface area contributed by atoms with Crippen molar-refractivity contribution in [3.05, 3.63) is 46.2 Å². The molecule has 2 N–H and O–H groups in total. The zero-order valence-electron chi connectivity index (χ0n) is 21.3. The smallest absolute Gasteiger partial charge is 0.263 e. The average molecular weight is 553 g/mol. The summed E-state index contributed by atoms with van der Waals surface area (Å²) in [6.07, 6.45) is 4.05. The third-order valence-electron chi connectivity index (χ3n) is 6.99. The first kappa shape index (κ1) is 25.2. The van der Waals surface area contributed by atoms with Crippen molar-refractivity contribution in [2.45, 2.75) is 45.4 Å². The largest absolute Gasteiger partial charge is 0.420 e. The van der Waals surface area contributed by atoms with E-state index < -0.39 is 0 Å². The number of thiophene rings is 1. The predicted octanol–water partition coefficient (Wildman–Crippen LogP) is 5.23. The van der Waals surface area contributed by atoms with Gasteiger partial charge < -0.3 is 20.1 Å². The number of piperidine rings is 1. The number of rotatable bonds is 6. The molecule has 198 valence electrons. The number of aromatic nitrogens is 3. The third kappa shape index (κ3) is 5.01. The van der Waals surface area contributed by atoms with Gasteiger partial charge in [-0.05, 0) is 56.5 Å². The van der Waals surface area contributed by atoms with Crippen LogP contribution in [0.15, 0.2) is 30.5 Å². The monoisotopic (exact) mass is 552 g/mol. The number of anilines is 1. The van der Waals surface area contributed by atoms with Crippen molar-refractivity contribution in [2.75, 3.05) is 31.6 Å². The van der Waals surface area contributed by atoms with Gasteiger partial charge in [0.1, 0.15) is 4.88 Å². The molecule has 0 unspecified atom stereocenters. The van der Waals surface area contributed by atoms with Crippen LogP contribution in [0, 0.1) is 0 Å². The fourth-order valence-corrected chi connectivity index (χ4v) is 6.36. The van der Waals surface area contributed by atoms with Gasteiger partial charge in [-0.3, -0.25) is 9.69 Å². The number of carbonyl (C=O) groups is 1. The number of likely N-dealkylation sites (tertiary alicyclic amines) is 1. The summed E-state index contributed by atoms with van der Waals surface area (Å²) >= 11 is 7.63. The van der Waals surface area contributed by atoms with E-state index in [4.69, 9.17) is 26.1 Å². The van der Waals surface area contributed by atoms with Gasteiger partial charge in [-0.2, -0.15) is 4.98 Å². The zero-order valence-corrected chi connectivity index (χ0v) is 22.9. The second-order valence-electron chi connectivity index (χ2n) is 9.72.